The van der Waals surface area contributed by atoms with Gasteiger partial charge in [0.2, 0.25) is 5.88 Å². The van der Waals surface area contributed by atoms with Crippen molar-refractivity contribution in [3.05, 3.63) is 53.2 Å². The molecule has 1 amide bonds. The molecule has 2 rings (SSSR count). The molecule has 1 heterocycles. The van der Waals surface area contributed by atoms with Crippen molar-refractivity contribution in [2.45, 2.75) is 38.6 Å². The Bertz CT molecular complexity index is 765. The molecular formula is C19H23N3O4. The zero-order chi connectivity index (χ0) is 19.3. The number of aromatic nitrogens is 2. The summed E-state index contributed by atoms with van der Waals surface area (Å²) in [4.78, 5) is 23.6. The second-order valence-corrected chi connectivity index (χ2v) is 6.96. The Morgan fingerprint density at radius 3 is 2.23 bits per heavy atom. The molecule has 7 nitrogen and oxygen atoms in total. The number of hydrogen-bond donors (Lipinski definition) is 2. The van der Waals surface area contributed by atoms with E-state index in [1.54, 1.807) is 0 Å². The van der Waals surface area contributed by atoms with E-state index in [1.807, 2.05) is 24.3 Å². The second kappa shape index (κ2) is 7.95. The molecule has 0 spiro atoms. The van der Waals surface area contributed by atoms with Gasteiger partial charge in [-0.15, -0.1) is 10.2 Å². The molecule has 0 aliphatic rings. The number of carbonyl (C=O) groups is 2. The van der Waals surface area contributed by atoms with Crippen LogP contribution < -0.4 is 10.1 Å². The summed E-state index contributed by atoms with van der Waals surface area (Å²) in [5, 5.41) is 19.4. The fraction of sp³-hybridized carbons (Fsp3) is 0.368. The largest absolute Gasteiger partial charge is 0.481 e. The molecule has 2 N–H and O–H groups in total. The molecule has 0 aliphatic carbocycles. The highest BCUT2D eigenvalue weighted by molar-refractivity contribution is 5.92. The van der Waals surface area contributed by atoms with Crippen molar-refractivity contribution >= 4 is 11.9 Å². The Morgan fingerprint density at radius 2 is 1.77 bits per heavy atom. The lowest BCUT2D eigenvalue weighted by atomic mass is 9.86. The van der Waals surface area contributed by atoms with Gasteiger partial charge in [0, 0.05) is 6.07 Å². The van der Waals surface area contributed by atoms with Gasteiger partial charge < -0.3 is 15.2 Å². The van der Waals surface area contributed by atoms with Gasteiger partial charge in [0.15, 0.2) is 5.69 Å². The number of amides is 1. The zero-order valence-electron chi connectivity index (χ0n) is 15.3. The van der Waals surface area contributed by atoms with E-state index in [2.05, 4.69) is 36.3 Å². The predicted molar refractivity (Wildman–Crippen MR) is 96.2 cm³/mol. The molecule has 0 saturated carbocycles. The van der Waals surface area contributed by atoms with E-state index in [-0.39, 0.29) is 17.5 Å². The van der Waals surface area contributed by atoms with Crippen molar-refractivity contribution < 1.29 is 19.4 Å². The quantitative estimate of drug-likeness (QED) is 0.824. The number of nitrogens with one attached hydrogen (secondary N) is 1. The number of hydrogen-bond acceptors (Lipinski definition) is 5. The molecule has 0 fully saturated rings. The molecule has 1 unspecified atom stereocenters. The molecule has 138 valence electrons. The number of carboxylic acids is 1. The van der Waals surface area contributed by atoms with Crippen LogP contribution in [-0.4, -0.2) is 34.3 Å². The maximum atomic E-state index is 12.4. The van der Waals surface area contributed by atoms with Gasteiger partial charge in [-0.2, -0.15) is 0 Å². The monoisotopic (exact) mass is 357 g/mol. The molecule has 1 atom stereocenters. The number of rotatable bonds is 6. The highest BCUT2D eigenvalue weighted by Gasteiger charge is 2.21. The van der Waals surface area contributed by atoms with E-state index in [0.29, 0.717) is 5.88 Å². The van der Waals surface area contributed by atoms with Crippen LogP contribution in [0.4, 0.5) is 0 Å². The van der Waals surface area contributed by atoms with E-state index < -0.39 is 17.9 Å². The van der Waals surface area contributed by atoms with Gasteiger partial charge in [0.1, 0.15) is 0 Å². The zero-order valence-corrected chi connectivity index (χ0v) is 15.3. The van der Waals surface area contributed by atoms with Crippen molar-refractivity contribution in [1.82, 2.24) is 15.5 Å². The van der Waals surface area contributed by atoms with Gasteiger partial charge >= 0.3 is 5.97 Å². The van der Waals surface area contributed by atoms with Crippen molar-refractivity contribution in [2.75, 3.05) is 7.11 Å². The van der Waals surface area contributed by atoms with Gasteiger partial charge in [0.25, 0.3) is 5.91 Å². The first-order valence-corrected chi connectivity index (χ1v) is 8.21. The van der Waals surface area contributed by atoms with E-state index in [4.69, 9.17) is 4.74 Å². The minimum atomic E-state index is -1.00. The summed E-state index contributed by atoms with van der Waals surface area (Å²) in [7, 11) is 1.45. The summed E-state index contributed by atoms with van der Waals surface area (Å²) < 4.78 is 4.91. The maximum Gasteiger partial charge on any atom is 0.305 e. The molecule has 7 heteroatoms. The number of ether oxygens (including phenoxy) is 1. The van der Waals surface area contributed by atoms with Crippen molar-refractivity contribution in [3.63, 3.8) is 0 Å². The van der Waals surface area contributed by atoms with Crippen LogP contribution >= 0.6 is 0 Å². The molecule has 2 aromatic rings. The van der Waals surface area contributed by atoms with Crippen LogP contribution in [0.25, 0.3) is 0 Å². The second-order valence-electron chi connectivity index (χ2n) is 6.96. The average molecular weight is 357 g/mol. The van der Waals surface area contributed by atoms with E-state index >= 15 is 0 Å². The first-order chi connectivity index (χ1) is 12.2. The summed E-state index contributed by atoms with van der Waals surface area (Å²) in [6.07, 6.45) is -0.232. The molecule has 1 aromatic carbocycles. The summed E-state index contributed by atoms with van der Waals surface area (Å²) in [5.74, 6) is -1.20. The van der Waals surface area contributed by atoms with E-state index in [1.165, 1.54) is 19.2 Å². The minimum Gasteiger partial charge on any atom is -0.481 e. The molecule has 26 heavy (non-hydrogen) atoms. The number of carbonyl (C=O) groups excluding carboxylic acids is 1. The van der Waals surface area contributed by atoms with Gasteiger partial charge in [-0.25, -0.2) is 0 Å². The molecule has 0 radical (unpaired) electrons. The van der Waals surface area contributed by atoms with Crippen LogP contribution in [0.1, 0.15) is 54.8 Å². The average Bonchev–Trinajstić information content (AvgIpc) is 2.60. The molecule has 0 saturated heterocycles. The van der Waals surface area contributed by atoms with Crippen LogP contribution in [0.15, 0.2) is 36.4 Å². The Morgan fingerprint density at radius 1 is 1.12 bits per heavy atom. The number of aliphatic carboxylic acids is 1. The van der Waals surface area contributed by atoms with Crippen molar-refractivity contribution in [3.8, 4) is 5.88 Å². The first-order valence-electron chi connectivity index (χ1n) is 8.21. The van der Waals surface area contributed by atoms with Crippen LogP contribution in [-0.2, 0) is 10.2 Å². The van der Waals surface area contributed by atoms with E-state index in [9.17, 15) is 14.7 Å². The van der Waals surface area contributed by atoms with Crippen molar-refractivity contribution in [1.29, 1.82) is 0 Å². The molecular weight excluding hydrogens is 334 g/mol. The smallest absolute Gasteiger partial charge is 0.305 e. The Kier molecular flexibility index (Phi) is 5.92. The number of carboxylic acid groups (broad SMARTS) is 1. The topological polar surface area (TPSA) is 101 Å². The normalized spacial score (nSPS) is 12.3. The maximum absolute atomic E-state index is 12.4. The third kappa shape index (κ3) is 5.02. The lowest BCUT2D eigenvalue weighted by molar-refractivity contribution is -0.137. The lowest BCUT2D eigenvalue weighted by Crippen LogP contribution is -2.31. The van der Waals surface area contributed by atoms with Gasteiger partial charge in [-0.3, -0.25) is 9.59 Å². The SMILES string of the molecule is COc1ccc(C(=O)NC(CC(=O)O)c2ccc(C(C)(C)C)cc2)nn1. The van der Waals surface area contributed by atoms with Crippen LogP contribution in [0.5, 0.6) is 5.88 Å². The summed E-state index contributed by atoms with van der Waals surface area (Å²) in [5.41, 5.74) is 1.92. The number of benzene rings is 1. The lowest BCUT2D eigenvalue weighted by Gasteiger charge is -2.21. The summed E-state index contributed by atoms with van der Waals surface area (Å²) >= 11 is 0. The third-order valence-corrected chi connectivity index (χ3v) is 3.94. The predicted octanol–water partition coefficient (Wildman–Crippen LogP) is 2.73. The van der Waals surface area contributed by atoms with Crippen LogP contribution in [0, 0.1) is 0 Å². The van der Waals surface area contributed by atoms with Gasteiger partial charge in [-0.05, 0) is 22.6 Å². The third-order valence-electron chi connectivity index (χ3n) is 3.94. The Labute approximate surface area is 152 Å². The standard InChI is InChI=1S/C19H23N3O4/c1-19(2,3)13-7-5-12(6-8-13)15(11-17(23)24)20-18(25)14-9-10-16(26-4)22-21-14/h5-10,15H,11H2,1-4H3,(H,20,25)(H,23,24). The Balaban J connectivity index is 2.21. The number of nitrogens with zero attached hydrogens (tertiary/aromatic N) is 2. The minimum absolute atomic E-state index is 0.0112. The first kappa shape index (κ1) is 19.4. The fourth-order valence-corrected chi connectivity index (χ4v) is 2.42. The molecule has 0 aliphatic heterocycles. The summed E-state index contributed by atoms with van der Waals surface area (Å²) in [6, 6.07) is 9.90. The fourth-order valence-electron chi connectivity index (χ4n) is 2.42. The van der Waals surface area contributed by atoms with E-state index in [0.717, 1.165) is 11.1 Å². The van der Waals surface area contributed by atoms with Crippen molar-refractivity contribution in [2.24, 2.45) is 0 Å². The Hall–Kier alpha value is -2.96. The van der Waals surface area contributed by atoms with Gasteiger partial charge in [0.05, 0.1) is 19.6 Å². The highest BCUT2D eigenvalue weighted by atomic mass is 16.5. The number of methoxy groups -OCH3 is 1. The van der Waals surface area contributed by atoms with Gasteiger partial charge in [-0.1, -0.05) is 45.0 Å². The molecule has 1 aromatic heterocycles. The van der Waals surface area contributed by atoms with Crippen LogP contribution in [0.2, 0.25) is 0 Å². The summed E-state index contributed by atoms with van der Waals surface area (Å²) in [6.45, 7) is 6.29. The molecule has 0 bridgehead atoms. The highest BCUT2D eigenvalue weighted by Crippen LogP contribution is 2.25. The van der Waals surface area contributed by atoms with Crippen LogP contribution in [0.3, 0.4) is 0 Å².